The lowest BCUT2D eigenvalue weighted by Crippen LogP contribution is -2.30. The van der Waals surface area contributed by atoms with E-state index in [1.807, 2.05) is 0 Å². The molecule has 19 heteroatoms. The van der Waals surface area contributed by atoms with E-state index in [1.54, 1.807) is 0 Å². The Morgan fingerprint density at radius 3 is 0.687 bits per heavy atom. The Balaban J connectivity index is 5.21. The standard InChI is InChI=1S/C80H156O17P2/c1-7-9-11-13-15-17-19-21-23-25-27-29-31-33-35-37-44-50-56-62-77(82)90-68-75(96-79(84)64-58-52-45-38-36-34-32-30-28-26-24-22-20-18-16-14-12-10-8-2)70-94-98(86,87)92-66-74(81)67-93-99(88,89)95-71-76(69-91-78(83)63-57-51-47-41-43-49-55-61-73(5)6)97-80(85)65-59-53-46-40-39-42-48-54-60-72(3)4/h72-76,81H,7-71H2,1-6H3,(H,86,87)(H,88,89)/t74-,75-,76-/m1/s1. The molecule has 0 saturated carbocycles. The molecule has 0 saturated heterocycles. The van der Waals surface area contributed by atoms with Crippen LogP contribution in [0, 0.1) is 11.8 Å². The molecule has 0 bridgehead atoms. The van der Waals surface area contributed by atoms with E-state index in [0.29, 0.717) is 31.6 Å². The average molecular weight is 1450 g/mol. The van der Waals surface area contributed by atoms with Gasteiger partial charge in [0.1, 0.15) is 19.3 Å². The first kappa shape index (κ1) is 97.1. The van der Waals surface area contributed by atoms with Crippen LogP contribution in [0.1, 0.15) is 420 Å². The van der Waals surface area contributed by atoms with E-state index >= 15 is 0 Å². The molecule has 0 aromatic rings. The van der Waals surface area contributed by atoms with Gasteiger partial charge in [-0.05, 0) is 37.5 Å². The molecule has 0 spiro atoms. The number of phosphoric acid groups is 2. The maximum absolute atomic E-state index is 13.1. The van der Waals surface area contributed by atoms with Gasteiger partial charge in [0.15, 0.2) is 12.2 Å². The highest BCUT2D eigenvalue weighted by Gasteiger charge is 2.30. The molecule has 5 atom stereocenters. The highest BCUT2D eigenvalue weighted by Crippen LogP contribution is 2.45. The van der Waals surface area contributed by atoms with Gasteiger partial charge in [0.05, 0.1) is 26.4 Å². The minimum Gasteiger partial charge on any atom is -0.462 e. The van der Waals surface area contributed by atoms with Crippen LogP contribution in [0.5, 0.6) is 0 Å². The highest BCUT2D eigenvalue weighted by molar-refractivity contribution is 7.47. The van der Waals surface area contributed by atoms with E-state index in [4.69, 9.17) is 37.0 Å². The number of hydrogen-bond donors (Lipinski definition) is 3. The molecular formula is C80H156O17P2. The van der Waals surface area contributed by atoms with Crippen molar-refractivity contribution in [2.75, 3.05) is 39.6 Å². The number of unbranched alkanes of at least 4 members (excludes halogenated alkanes) is 49. The van der Waals surface area contributed by atoms with Gasteiger partial charge in [-0.1, -0.05) is 369 Å². The van der Waals surface area contributed by atoms with Crippen LogP contribution in [0.25, 0.3) is 0 Å². The molecule has 0 aromatic heterocycles. The van der Waals surface area contributed by atoms with Gasteiger partial charge in [-0.25, -0.2) is 9.13 Å². The molecule has 0 aliphatic carbocycles. The zero-order valence-electron chi connectivity index (χ0n) is 64.8. The number of aliphatic hydroxyl groups is 1. The van der Waals surface area contributed by atoms with Crippen molar-refractivity contribution in [2.45, 2.75) is 439 Å². The highest BCUT2D eigenvalue weighted by atomic mass is 31.2. The van der Waals surface area contributed by atoms with Gasteiger partial charge in [0.25, 0.3) is 0 Å². The molecule has 2 unspecified atom stereocenters. The molecule has 3 N–H and O–H groups in total. The molecule has 588 valence electrons. The largest absolute Gasteiger partial charge is 0.472 e. The van der Waals surface area contributed by atoms with Crippen LogP contribution in [-0.2, 0) is 65.4 Å². The van der Waals surface area contributed by atoms with Crippen LogP contribution in [0.2, 0.25) is 0 Å². The third-order valence-corrected chi connectivity index (χ3v) is 20.6. The zero-order chi connectivity index (χ0) is 72.8. The molecule has 0 fully saturated rings. The minimum absolute atomic E-state index is 0.104. The average Bonchev–Trinajstić information content (AvgIpc) is 0.980. The lowest BCUT2D eigenvalue weighted by Gasteiger charge is -2.21. The van der Waals surface area contributed by atoms with E-state index in [1.165, 1.54) is 231 Å². The first-order chi connectivity index (χ1) is 47.9. The number of phosphoric ester groups is 2. The molecule has 17 nitrogen and oxygen atoms in total. The fourth-order valence-corrected chi connectivity index (χ4v) is 13.9. The Labute approximate surface area is 607 Å². The van der Waals surface area contributed by atoms with E-state index in [2.05, 4.69) is 41.5 Å². The number of carbonyl (C=O) groups excluding carboxylic acids is 4. The van der Waals surface area contributed by atoms with Gasteiger partial charge in [-0.2, -0.15) is 0 Å². The van der Waals surface area contributed by atoms with Crippen molar-refractivity contribution in [2.24, 2.45) is 11.8 Å². The monoisotopic (exact) mass is 1450 g/mol. The number of rotatable bonds is 79. The van der Waals surface area contributed by atoms with Crippen molar-refractivity contribution in [3.05, 3.63) is 0 Å². The fraction of sp³-hybridized carbons (Fsp3) is 0.950. The number of hydrogen-bond acceptors (Lipinski definition) is 15. The second kappa shape index (κ2) is 71.7. The molecule has 0 aliphatic heterocycles. The van der Waals surface area contributed by atoms with Crippen LogP contribution in [0.4, 0.5) is 0 Å². The Kier molecular flexibility index (Phi) is 70.3. The van der Waals surface area contributed by atoms with Gasteiger partial charge >= 0.3 is 39.5 Å². The minimum atomic E-state index is -4.96. The SMILES string of the molecule is CCCCCCCCCCCCCCCCCCCCCC(=O)OC[C@H](COP(=O)(O)OC[C@@H](O)COP(=O)(O)OC[C@@H](COC(=O)CCCCCCCCCC(C)C)OC(=O)CCCCCCCCCCC(C)C)OC(=O)CCCCCCCCCCCCCCCCCCCCC. The van der Waals surface area contributed by atoms with Crippen molar-refractivity contribution in [3.8, 4) is 0 Å². The second-order valence-electron chi connectivity index (χ2n) is 29.8. The van der Waals surface area contributed by atoms with Crippen LogP contribution in [0.15, 0.2) is 0 Å². The first-order valence-electron chi connectivity index (χ1n) is 41.5. The molecular weight excluding hydrogens is 1290 g/mol. The summed E-state index contributed by atoms with van der Waals surface area (Å²) in [7, 11) is -9.92. The second-order valence-corrected chi connectivity index (χ2v) is 32.7. The quantitative estimate of drug-likeness (QED) is 0.0222. The molecule has 0 heterocycles. The number of ether oxygens (including phenoxy) is 4. The molecule has 0 rings (SSSR count). The fourth-order valence-electron chi connectivity index (χ4n) is 12.4. The van der Waals surface area contributed by atoms with Crippen LogP contribution >= 0.6 is 15.6 Å². The smallest absolute Gasteiger partial charge is 0.462 e. The van der Waals surface area contributed by atoms with Crippen LogP contribution < -0.4 is 0 Å². The number of aliphatic hydroxyl groups excluding tert-OH is 1. The molecule has 0 aromatic carbocycles. The third kappa shape index (κ3) is 74.1. The van der Waals surface area contributed by atoms with Crippen molar-refractivity contribution in [3.63, 3.8) is 0 Å². The summed E-state index contributed by atoms with van der Waals surface area (Å²) >= 11 is 0. The van der Waals surface area contributed by atoms with Crippen molar-refractivity contribution in [1.29, 1.82) is 0 Å². The van der Waals surface area contributed by atoms with E-state index in [9.17, 15) is 43.2 Å². The van der Waals surface area contributed by atoms with E-state index in [0.717, 1.165) is 102 Å². The van der Waals surface area contributed by atoms with Gasteiger partial charge in [-0.3, -0.25) is 37.3 Å². The zero-order valence-corrected chi connectivity index (χ0v) is 66.6. The lowest BCUT2D eigenvalue weighted by atomic mass is 10.0. The topological polar surface area (TPSA) is 237 Å². The summed E-state index contributed by atoms with van der Waals surface area (Å²) < 4.78 is 68.6. The summed E-state index contributed by atoms with van der Waals surface area (Å²) in [6.45, 7) is 9.52. The van der Waals surface area contributed by atoms with Crippen LogP contribution in [-0.4, -0.2) is 96.7 Å². The Hall–Kier alpha value is -1.94. The van der Waals surface area contributed by atoms with E-state index in [-0.39, 0.29) is 25.7 Å². The Morgan fingerprint density at radius 2 is 0.465 bits per heavy atom. The van der Waals surface area contributed by atoms with Crippen molar-refractivity contribution < 1.29 is 80.2 Å². The van der Waals surface area contributed by atoms with Gasteiger partial charge in [0.2, 0.25) is 0 Å². The summed E-state index contributed by atoms with van der Waals surface area (Å²) in [4.78, 5) is 72.9. The Bertz CT molecular complexity index is 1910. The van der Waals surface area contributed by atoms with Crippen molar-refractivity contribution >= 4 is 39.5 Å². The molecule has 0 aliphatic rings. The maximum atomic E-state index is 13.1. The summed E-state index contributed by atoms with van der Waals surface area (Å²) in [5.41, 5.74) is 0. The molecule has 99 heavy (non-hydrogen) atoms. The van der Waals surface area contributed by atoms with E-state index < -0.39 is 97.5 Å². The Morgan fingerprint density at radius 1 is 0.273 bits per heavy atom. The summed E-state index contributed by atoms with van der Waals surface area (Å²) in [5.74, 6) is -0.691. The number of esters is 4. The number of carbonyl (C=O) groups is 4. The summed E-state index contributed by atoms with van der Waals surface area (Å²) in [5, 5.41) is 10.6. The molecule has 0 radical (unpaired) electrons. The van der Waals surface area contributed by atoms with Crippen LogP contribution in [0.3, 0.4) is 0 Å². The van der Waals surface area contributed by atoms with Gasteiger partial charge < -0.3 is 33.8 Å². The predicted molar refractivity (Wildman–Crippen MR) is 405 cm³/mol. The predicted octanol–water partition coefficient (Wildman–Crippen LogP) is 23.9. The third-order valence-electron chi connectivity index (χ3n) is 18.7. The van der Waals surface area contributed by atoms with Gasteiger partial charge in [-0.15, -0.1) is 0 Å². The normalized spacial score (nSPS) is 13.9. The maximum Gasteiger partial charge on any atom is 0.472 e. The van der Waals surface area contributed by atoms with Gasteiger partial charge in [0, 0.05) is 25.7 Å². The van der Waals surface area contributed by atoms with Crippen molar-refractivity contribution in [1.82, 2.24) is 0 Å². The summed E-state index contributed by atoms with van der Waals surface area (Å²) in [6, 6.07) is 0. The first-order valence-corrected chi connectivity index (χ1v) is 44.5. The summed E-state index contributed by atoms with van der Waals surface area (Å²) in [6.07, 6.45) is 61.4. The lowest BCUT2D eigenvalue weighted by molar-refractivity contribution is -0.161. The molecule has 0 amide bonds.